The molecule has 0 amide bonds. The zero-order chi connectivity index (χ0) is 8.32. The predicted molar refractivity (Wildman–Crippen MR) is 46.0 cm³/mol. The smallest absolute Gasteiger partial charge is 0.105 e. The van der Waals surface area contributed by atoms with Crippen molar-refractivity contribution in [3.63, 3.8) is 0 Å². The quantitative estimate of drug-likeness (QED) is 0.563. The third kappa shape index (κ3) is 1.53. The van der Waals surface area contributed by atoms with E-state index in [4.69, 9.17) is 4.74 Å². The van der Waals surface area contributed by atoms with Crippen LogP contribution < -0.4 is 5.32 Å². The molecule has 64 valence electrons. The number of ether oxygens (including phenoxy) is 1. The molecule has 11 heavy (non-hydrogen) atoms. The molecule has 0 bridgehead atoms. The van der Waals surface area contributed by atoms with E-state index in [-0.39, 0.29) is 5.54 Å². The van der Waals surface area contributed by atoms with Gasteiger partial charge in [-0.15, -0.1) is 0 Å². The van der Waals surface area contributed by atoms with Gasteiger partial charge in [0, 0.05) is 0 Å². The zero-order valence-corrected chi connectivity index (χ0v) is 7.48. The second kappa shape index (κ2) is 3.22. The normalized spacial score (nSPS) is 24.5. The van der Waals surface area contributed by atoms with E-state index in [1.165, 1.54) is 0 Å². The fourth-order valence-corrected chi connectivity index (χ4v) is 1.24. The van der Waals surface area contributed by atoms with Crippen LogP contribution in [-0.2, 0) is 4.74 Å². The van der Waals surface area contributed by atoms with E-state index >= 15 is 0 Å². The molecule has 0 aromatic rings. The lowest BCUT2D eigenvalue weighted by Crippen LogP contribution is -2.60. The fraction of sp³-hybridized carbons (Fsp3) is 0.875. The minimum Gasteiger partial charge on any atom is -0.376 e. The van der Waals surface area contributed by atoms with E-state index in [0.717, 1.165) is 25.6 Å². The van der Waals surface area contributed by atoms with E-state index in [2.05, 4.69) is 10.3 Å². The molecular weight excluding hydrogens is 140 g/mol. The Morgan fingerprint density at radius 2 is 2.09 bits per heavy atom. The first-order chi connectivity index (χ1) is 5.31. The summed E-state index contributed by atoms with van der Waals surface area (Å²) in [5.74, 6) is 1.05. The standard InChI is InChI=1S/C6H10N2O.C2H6/c1-5-7-2-6(8-5)3-9-4-6;1-2/h2-4H2,1H3,(H,7,8);1-2H3. The van der Waals surface area contributed by atoms with Gasteiger partial charge >= 0.3 is 0 Å². The van der Waals surface area contributed by atoms with Crippen LogP contribution in [0.1, 0.15) is 20.8 Å². The van der Waals surface area contributed by atoms with Gasteiger partial charge in [-0.2, -0.15) is 0 Å². The van der Waals surface area contributed by atoms with Crippen LogP contribution in [0.3, 0.4) is 0 Å². The summed E-state index contributed by atoms with van der Waals surface area (Å²) in [4.78, 5) is 4.24. The molecule has 0 radical (unpaired) electrons. The maximum atomic E-state index is 5.07. The number of rotatable bonds is 0. The van der Waals surface area contributed by atoms with E-state index < -0.39 is 0 Å². The molecule has 1 spiro atoms. The highest BCUT2D eigenvalue weighted by molar-refractivity contribution is 5.82. The molecule has 2 rings (SSSR count). The second-order valence-corrected chi connectivity index (χ2v) is 2.80. The van der Waals surface area contributed by atoms with Crippen molar-refractivity contribution < 1.29 is 4.74 Å². The van der Waals surface area contributed by atoms with Gasteiger partial charge in [-0.25, -0.2) is 0 Å². The Bertz CT molecular complexity index is 161. The van der Waals surface area contributed by atoms with Gasteiger partial charge in [-0.05, 0) is 6.92 Å². The van der Waals surface area contributed by atoms with E-state index in [9.17, 15) is 0 Å². The van der Waals surface area contributed by atoms with Gasteiger partial charge in [-0.1, -0.05) is 13.8 Å². The summed E-state index contributed by atoms with van der Waals surface area (Å²) in [5, 5.41) is 3.29. The molecule has 3 heteroatoms. The Balaban J connectivity index is 0.000000281. The Labute approximate surface area is 67.8 Å². The summed E-state index contributed by atoms with van der Waals surface area (Å²) in [6.07, 6.45) is 0. The van der Waals surface area contributed by atoms with Gasteiger partial charge in [-0.3, -0.25) is 4.99 Å². The summed E-state index contributed by atoms with van der Waals surface area (Å²) < 4.78 is 5.07. The number of aliphatic imine (C=N–C) groups is 1. The highest BCUT2D eigenvalue weighted by Crippen LogP contribution is 2.20. The Morgan fingerprint density at radius 3 is 2.27 bits per heavy atom. The van der Waals surface area contributed by atoms with Gasteiger partial charge in [0.05, 0.1) is 25.6 Å². The number of hydrogen-bond acceptors (Lipinski definition) is 3. The van der Waals surface area contributed by atoms with Crippen molar-refractivity contribution in [1.29, 1.82) is 0 Å². The van der Waals surface area contributed by atoms with Crippen molar-refractivity contribution in [1.82, 2.24) is 5.32 Å². The molecule has 2 aliphatic heterocycles. The van der Waals surface area contributed by atoms with Crippen LogP contribution in [0.15, 0.2) is 4.99 Å². The van der Waals surface area contributed by atoms with E-state index in [0.29, 0.717) is 0 Å². The molecule has 3 nitrogen and oxygen atoms in total. The van der Waals surface area contributed by atoms with Gasteiger partial charge in [0.2, 0.25) is 0 Å². The van der Waals surface area contributed by atoms with Crippen LogP contribution in [-0.4, -0.2) is 31.1 Å². The van der Waals surface area contributed by atoms with Crippen molar-refractivity contribution in [3.8, 4) is 0 Å². The first-order valence-corrected chi connectivity index (χ1v) is 4.18. The number of nitrogens with one attached hydrogen (secondary N) is 1. The van der Waals surface area contributed by atoms with E-state index in [1.54, 1.807) is 0 Å². The molecule has 1 saturated heterocycles. The summed E-state index contributed by atoms with van der Waals surface area (Å²) in [5.41, 5.74) is 0.212. The van der Waals surface area contributed by atoms with Crippen molar-refractivity contribution in [2.45, 2.75) is 26.3 Å². The minimum absolute atomic E-state index is 0.212. The molecule has 2 aliphatic rings. The zero-order valence-electron chi connectivity index (χ0n) is 7.48. The molecule has 0 atom stereocenters. The molecule has 0 unspecified atom stereocenters. The molecule has 0 saturated carbocycles. The molecular formula is C8H16N2O. The topological polar surface area (TPSA) is 33.6 Å². The first kappa shape index (κ1) is 8.53. The van der Waals surface area contributed by atoms with Crippen molar-refractivity contribution in [2.75, 3.05) is 19.8 Å². The molecule has 0 aromatic heterocycles. The average Bonchev–Trinajstić information content (AvgIpc) is 2.35. The largest absolute Gasteiger partial charge is 0.376 e. The number of amidine groups is 1. The summed E-state index contributed by atoms with van der Waals surface area (Å²) in [6.45, 7) is 8.55. The number of nitrogens with zero attached hydrogens (tertiary/aromatic N) is 1. The van der Waals surface area contributed by atoms with Crippen LogP contribution in [0.2, 0.25) is 0 Å². The molecule has 1 N–H and O–H groups in total. The van der Waals surface area contributed by atoms with Crippen LogP contribution in [0.4, 0.5) is 0 Å². The predicted octanol–water partition coefficient (Wildman–Crippen LogP) is 0.803. The fourth-order valence-electron chi connectivity index (χ4n) is 1.24. The summed E-state index contributed by atoms with van der Waals surface area (Å²) in [7, 11) is 0. The monoisotopic (exact) mass is 156 g/mol. The molecule has 0 aliphatic carbocycles. The van der Waals surface area contributed by atoms with Gasteiger partial charge in [0.15, 0.2) is 0 Å². The molecule has 2 heterocycles. The van der Waals surface area contributed by atoms with Crippen LogP contribution in [0.25, 0.3) is 0 Å². The highest BCUT2D eigenvalue weighted by atomic mass is 16.5. The SMILES string of the molecule is CC.CC1=NCC2(COC2)N1. The lowest BCUT2D eigenvalue weighted by molar-refractivity contribution is -0.0547. The van der Waals surface area contributed by atoms with Crippen LogP contribution >= 0.6 is 0 Å². The first-order valence-electron chi connectivity index (χ1n) is 4.18. The van der Waals surface area contributed by atoms with Crippen molar-refractivity contribution in [2.24, 2.45) is 4.99 Å². The highest BCUT2D eigenvalue weighted by Gasteiger charge is 2.41. The van der Waals surface area contributed by atoms with Crippen LogP contribution in [0, 0.1) is 0 Å². The molecule has 0 aromatic carbocycles. The summed E-state index contributed by atoms with van der Waals surface area (Å²) >= 11 is 0. The lowest BCUT2D eigenvalue weighted by Gasteiger charge is -2.37. The van der Waals surface area contributed by atoms with Gasteiger partial charge in [0.1, 0.15) is 5.54 Å². The maximum Gasteiger partial charge on any atom is 0.105 e. The second-order valence-electron chi connectivity index (χ2n) is 2.80. The lowest BCUT2D eigenvalue weighted by atomic mass is 9.99. The third-order valence-electron chi connectivity index (χ3n) is 1.82. The van der Waals surface area contributed by atoms with Gasteiger partial charge in [0.25, 0.3) is 0 Å². The van der Waals surface area contributed by atoms with Gasteiger partial charge < -0.3 is 10.1 Å². The van der Waals surface area contributed by atoms with Crippen molar-refractivity contribution >= 4 is 5.84 Å². The Morgan fingerprint density at radius 1 is 1.45 bits per heavy atom. The minimum atomic E-state index is 0.212. The Kier molecular flexibility index (Phi) is 2.49. The van der Waals surface area contributed by atoms with Crippen LogP contribution in [0.5, 0.6) is 0 Å². The summed E-state index contributed by atoms with van der Waals surface area (Å²) in [6, 6.07) is 0. The maximum absolute atomic E-state index is 5.07. The third-order valence-corrected chi connectivity index (χ3v) is 1.82. The average molecular weight is 156 g/mol. The van der Waals surface area contributed by atoms with Crippen molar-refractivity contribution in [3.05, 3.63) is 0 Å². The molecule has 1 fully saturated rings. The number of hydrogen-bond donors (Lipinski definition) is 1. The Hall–Kier alpha value is -0.570. The van der Waals surface area contributed by atoms with E-state index in [1.807, 2.05) is 20.8 Å².